The predicted octanol–water partition coefficient (Wildman–Crippen LogP) is 1.41. The number of hydrogen-bond acceptors (Lipinski definition) is 5. The molecule has 1 heterocycles. The van der Waals surface area contributed by atoms with Crippen molar-refractivity contribution in [1.29, 1.82) is 0 Å². The predicted molar refractivity (Wildman–Crippen MR) is 116 cm³/mol. The molecule has 26 heavy (non-hydrogen) atoms. The van der Waals surface area contributed by atoms with Crippen molar-refractivity contribution in [3.8, 4) is 0 Å². The molecule has 0 aromatic heterocycles. The first-order chi connectivity index (χ1) is 11.9. The van der Waals surface area contributed by atoms with Crippen molar-refractivity contribution >= 4 is 36.0 Å². The highest BCUT2D eigenvalue weighted by Crippen LogP contribution is 2.06. The fourth-order valence-corrected chi connectivity index (χ4v) is 2.27. The summed E-state index contributed by atoms with van der Waals surface area (Å²) in [6, 6.07) is 0. The second-order valence-electron chi connectivity index (χ2n) is 6.92. The highest BCUT2D eigenvalue weighted by Gasteiger charge is 2.15. The fourth-order valence-electron chi connectivity index (χ4n) is 2.27. The number of halogens is 1. The van der Waals surface area contributed by atoms with Crippen molar-refractivity contribution in [1.82, 2.24) is 20.9 Å². The first kappa shape index (κ1) is 25.2. The van der Waals surface area contributed by atoms with Crippen molar-refractivity contribution in [2.75, 3.05) is 59.0 Å². The number of ether oxygens (including phenoxy) is 2. The highest BCUT2D eigenvalue weighted by atomic mass is 127. The van der Waals surface area contributed by atoms with E-state index in [1.807, 2.05) is 27.7 Å². The maximum Gasteiger partial charge on any atom is 0.407 e. The summed E-state index contributed by atoms with van der Waals surface area (Å²) in [7, 11) is 0. The fraction of sp³-hybridized carbons (Fsp3) is 0.882. The smallest absolute Gasteiger partial charge is 0.407 e. The lowest BCUT2D eigenvalue weighted by molar-refractivity contribution is 0.0389. The Hall–Kier alpha value is -0.810. The van der Waals surface area contributed by atoms with Crippen molar-refractivity contribution in [3.63, 3.8) is 0 Å². The number of amides is 1. The van der Waals surface area contributed by atoms with Gasteiger partial charge in [0, 0.05) is 45.8 Å². The average molecular weight is 485 g/mol. The molecule has 0 radical (unpaired) electrons. The van der Waals surface area contributed by atoms with E-state index in [0.717, 1.165) is 58.3 Å². The maximum absolute atomic E-state index is 11.5. The largest absolute Gasteiger partial charge is 0.444 e. The molecule has 1 aliphatic rings. The molecule has 0 aromatic carbocycles. The van der Waals surface area contributed by atoms with Gasteiger partial charge in [-0.05, 0) is 34.1 Å². The molecular weight excluding hydrogens is 449 g/mol. The van der Waals surface area contributed by atoms with Crippen LogP contribution in [0, 0.1) is 0 Å². The average Bonchev–Trinajstić information content (AvgIpc) is 2.54. The molecule has 0 saturated carbocycles. The van der Waals surface area contributed by atoms with E-state index in [0.29, 0.717) is 13.1 Å². The third-order valence-electron chi connectivity index (χ3n) is 3.44. The molecule has 1 amide bonds. The quantitative estimate of drug-likeness (QED) is 0.209. The number of guanidine groups is 1. The Bertz CT molecular complexity index is 410. The monoisotopic (exact) mass is 485 g/mol. The van der Waals surface area contributed by atoms with E-state index >= 15 is 0 Å². The van der Waals surface area contributed by atoms with Gasteiger partial charge in [0.05, 0.1) is 13.2 Å². The van der Waals surface area contributed by atoms with E-state index in [9.17, 15) is 4.79 Å². The Kier molecular flexibility index (Phi) is 13.8. The van der Waals surface area contributed by atoms with Crippen molar-refractivity contribution in [2.24, 2.45) is 4.99 Å². The number of morpholine rings is 1. The standard InChI is InChI=1S/C17H35N5O3.HI/c1-5-18-15(20-9-10-22-11-13-24-14-12-22)19-7-6-8-21-16(23)25-17(2,3)4;/h5-14H2,1-4H3,(H,21,23)(H2,18,19,20);1H. The second-order valence-corrected chi connectivity index (χ2v) is 6.92. The zero-order chi connectivity index (χ0) is 18.5. The van der Waals surface area contributed by atoms with Crippen LogP contribution in [0.1, 0.15) is 34.1 Å². The lowest BCUT2D eigenvalue weighted by atomic mass is 10.2. The van der Waals surface area contributed by atoms with Crippen LogP contribution in [-0.4, -0.2) is 81.6 Å². The Morgan fingerprint density at radius 3 is 2.46 bits per heavy atom. The van der Waals surface area contributed by atoms with Crippen LogP contribution < -0.4 is 16.0 Å². The second kappa shape index (κ2) is 14.3. The molecule has 8 nitrogen and oxygen atoms in total. The van der Waals surface area contributed by atoms with Gasteiger partial charge in [0.1, 0.15) is 5.60 Å². The van der Waals surface area contributed by atoms with E-state index in [2.05, 4.69) is 25.8 Å². The SMILES string of the molecule is CCNC(=NCCCNC(=O)OC(C)(C)C)NCCN1CCOCC1.I. The first-order valence-corrected chi connectivity index (χ1v) is 9.20. The Morgan fingerprint density at radius 2 is 1.85 bits per heavy atom. The molecule has 1 rings (SSSR count). The zero-order valence-electron chi connectivity index (χ0n) is 16.6. The highest BCUT2D eigenvalue weighted by molar-refractivity contribution is 14.0. The van der Waals surface area contributed by atoms with E-state index in [1.54, 1.807) is 0 Å². The summed E-state index contributed by atoms with van der Waals surface area (Å²) >= 11 is 0. The van der Waals surface area contributed by atoms with Gasteiger partial charge >= 0.3 is 6.09 Å². The Morgan fingerprint density at radius 1 is 1.15 bits per heavy atom. The van der Waals surface area contributed by atoms with Gasteiger partial charge in [-0.15, -0.1) is 24.0 Å². The number of carbonyl (C=O) groups excluding carboxylic acids is 1. The number of rotatable bonds is 8. The summed E-state index contributed by atoms with van der Waals surface area (Å²) in [6.45, 7) is 15.1. The van der Waals surface area contributed by atoms with Crippen LogP contribution in [0.2, 0.25) is 0 Å². The van der Waals surface area contributed by atoms with Crippen LogP contribution in [0.25, 0.3) is 0 Å². The normalized spacial score (nSPS) is 15.8. The van der Waals surface area contributed by atoms with Crippen LogP contribution in [0.15, 0.2) is 4.99 Å². The Balaban J connectivity index is 0.00000625. The number of nitrogens with zero attached hydrogens (tertiary/aromatic N) is 2. The van der Waals surface area contributed by atoms with Crippen LogP contribution >= 0.6 is 24.0 Å². The number of carbonyl (C=O) groups is 1. The van der Waals surface area contributed by atoms with Gasteiger partial charge in [0.15, 0.2) is 5.96 Å². The minimum Gasteiger partial charge on any atom is -0.444 e. The molecule has 1 fully saturated rings. The summed E-state index contributed by atoms with van der Waals surface area (Å²) in [5.74, 6) is 0.813. The van der Waals surface area contributed by atoms with Crippen molar-refractivity contribution in [2.45, 2.75) is 39.7 Å². The van der Waals surface area contributed by atoms with E-state index in [-0.39, 0.29) is 30.1 Å². The summed E-state index contributed by atoms with van der Waals surface area (Å²) in [5, 5.41) is 9.32. The van der Waals surface area contributed by atoms with E-state index in [1.165, 1.54) is 0 Å². The molecule has 0 unspecified atom stereocenters. The van der Waals surface area contributed by atoms with Crippen molar-refractivity contribution in [3.05, 3.63) is 0 Å². The maximum atomic E-state index is 11.5. The molecule has 0 spiro atoms. The van der Waals surface area contributed by atoms with Crippen LogP contribution in [-0.2, 0) is 9.47 Å². The number of aliphatic imine (C=N–C) groups is 1. The number of alkyl carbamates (subject to hydrolysis) is 1. The molecule has 9 heteroatoms. The van der Waals surface area contributed by atoms with Gasteiger partial charge in [-0.3, -0.25) is 9.89 Å². The lowest BCUT2D eigenvalue weighted by Crippen LogP contribution is -2.44. The van der Waals surface area contributed by atoms with Gasteiger partial charge in [-0.25, -0.2) is 4.79 Å². The minimum atomic E-state index is -0.467. The van der Waals surface area contributed by atoms with Gasteiger partial charge in [-0.2, -0.15) is 0 Å². The van der Waals surface area contributed by atoms with Crippen molar-refractivity contribution < 1.29 is 14.3 Å². The molecule has 3 N–H and O–H groups in total. The molecule has 154 valence electrons. The summed E-state index contributed by atoms with van der Waals surface area (Å²) in [6.07, 6.45) is 0.381. The molecule has 1 aliphatic heterocycles. The summed E-state index contributed by atoms with van der Waals surface area (Å²) < 4.78 is 10.5. The zero-order valence-corrected chi connectivity index (χ0v) is 18.9. The molecule has 0 aromatic rings. The molecule has 1 saturated heterocycles. The number of nitrogens with one attached hydrogen (secondary N) is 3. The minimum absolute atomic E-state index is 0. The van der Waals surface area contributed by atoms with Gasteiger partial charge < -0.3 is 25.4 Å². The molecular formula is C17H36IN5O3. The van der Waals surface area contributed by atoms with Gasteiger partial charge in [0.25, 0.3) is 0 Å². The van der Waals surface area contributed by atoms with E-state index in [4.69, 9.17) is 9.47 Å². The van der Waals surface area contributed by atoms with Gasteiger partial charge in [-0.1, -0.05) is 0 Å². The summed E-state index contributed by atoms with van der Waals surface area (Å²) in [5.41, 5.74) is -0.467. The Labute approximate surface area is 174 Å². The third kappa shape index (κ3) is 13.4. The number of hydrogen-bond donors (Lipinski definition) is 3. The molecule has 0 aliphatic carbocycles. The molecule has 0 bridgehead atoms. The van der Waals surface area contributed by atoms with Gasteiger partial charge in [0.2, 0.25) is 0 Å². The van der Waals surface area contributed by atoms with E-state index < -0.39 is 5.60 Å². The topological polar surface area (TPSA) is 87.2 Å². The van der Waals surface area contributed by atoms with Crippen LogP contribution in [0.3, 0.4) is 0 Å². The van der Waals surface area contributed by atoms with Crippen LogP contribution in [0.5, 0.6) is 0 Å². The summed E-state index contributed by atoms with van der Waals surface area (Å²) in [4.78, 5) is 18.4. The van der Waals surface area contributed by atoms with Crippen LogP contribution in [0.4, 0.5) is 4.79 Å². The molecule has 0 atom stereocenters. The lowest BCUT2D eigenvalue weighted by Gasteiger charge is -2.26. The third-order valence-corrected chi connectivity index (χ3v) is 3.44. The first-order valence-electron chi connectivity index (χ1n) is 9.20.